The number of benzene rings is 2. The fraction of sp³-hybridized carbons (Fsp3) is 0.235. The van der Waals surface area contributed by atoms with Crippen molar-refractivity contribution < 1.29 is 14.3 Å². The Morgan fingerprint density at radius 2 is 1.85 bits per heavy atom. The molecule has 102 valence electrons. The van der Waals surface area contributed by atoms with E-state index in [0.717, 1.165) is 11.1 Å². The molecule has 0 saturated heterocycles. The van der Waals surface area contributed by atoms with Crippen LogP contribution in [0.3, 0.4) is 0 Å². The van der Waals surface area contributed by atoms with Crippen LogP contribution in [0, 0.1) is 6.92 Å². The average Bonchev–Trinajstić information content (AvgIpc) is 2.49. The molecule has 0 amide bonds. The topological polar surface area (TPSA) is 35.5 Å². The lowest BCUT2D eigenvalue weighted by Crippen LogP contribution is -2.18. The van der Waals surface area contributed by atoms with E-state index in [4.69, 9.17) is 9.47 Å². The van der Waals surface area contributed by atoms with Gasteiger partial charge in [-0.2, -0.15) is 0 Å². The largest absolute Gasteiger partial charge is 0.486 e. The minimum absolute atomic E-state index is 0.0571. The highest BCUT2D eigenvalue weighted by Gasteiger charge is 2.20. The van der Waals surface area contributed by atoms with Crippen molar-refractivity contribution in [3.63, 3.8) is 0 Å². The highest BCUT2D eigenvalue weighted by Crippen LogP contribution is 2.34. The SMILES string of the molecule is Cc1ccccc1CC(=O)c1cccc2c1OCCO2. The summed E-state index contributed by atoms with van der Waals surface area (Å²) in [4.78, 5) is 12.5. The van der Waals surface area contributed by atoms with Crippen molar-refractivity contribution in [3.05, 3.63) is 59.2 Å². The number of carbonyl (C=O) groups is 1. The standard InChI is InChI=1S/C17H16O3/c1-12-5-2-3-6-13(12)11-15(18)14-7-4-8-16-17(14)20-10-9-19-16/h2-8H,9-11H2,1H3. The van der Waals surface area contributed by atoms with Crippen molar-refractivity contribution in [2.24, 2.45) is 0 Å². The summed E-state index contributed by atoms with van der Waals surface area (Å²) in [5.41, 5.74) is 2.78. The molecule has 20 heavy (non-hydrogen) atoms. The van der Waals surface area contributed by atoms with Crippen molar-refractivity contribution in [3.8, 4) is 11.5 Å². The number of carbonyl (C=O) groups excluding carboxylic acids is 1. The summed E-state index contributed by atoms with van der Waals surface area (Å²) >= 11 is 0. The Bertz CT molecular complexity index is 646. The first-order chi connectivity index (χ1) is 9.75. The normalized spacial score (nSPS) is 13.1. The molecule has 2 aromatic rings. The molecule has 0 atom stereocenters. The van der Waals surface area contributed by atoms with E-state index in [1.54, 1.807) is 6.07 Å². The number of fused-ring (bicyclic) bond motifs is 1. The van der Waals surface area contributed by atoms with Gasteiger partial charge in [-0.05, 0) is 30.2 Å². The van der Waals surface area contributed by atoms with Crippen LogP contribution in [0.25, 0.3) is 0 Å². The van der Waals surface area contributed by atoms with E-state index in [2.05, 4.69) is 0 Å². The smallest absolute Gasteiger partial charge is 0.172 e. The molecular formula is C17H16O3. The van der Waals surface area contributed by atoms with Gasteiger partial charge in [0.1, 0.15) is 13.2 Å². The van der Waals surface area contributed by atoms with Gasteiger partial charge in [0.05, 0.1) is 5.56 Å². The summed E-state index contributed by atoms with van der Waals surface area (Å²) in [7, 11) is 0. The lowest BCUT2D eigenvalue weighted by molar-refractivity contribution is 0.0981. The van der Waals surface area contributed by atoms with Gasteiger partial charge in [0.2, 0.25) is 0 Å². The zero-order valence-electron chi connectivity index (χ0n) is 11.4. The predicted molar refractivity (Wildman–Crippen MR) is 76.6 cm³/mol. The second-order valence-electron chi connectivity index (χ2n) is 4.86. The summed E-state index contributed by atoms with van der Waals surface area (Å²) in [6, 6.07) is 13.4. The zero-order chi connectivity index (χ0) is 13.9. The monoisotopic (exact) mass is 268 g/mol. The quantitative estimate of drug-likeness (QED) is 0.802. The third kappa shape index (κ3) is 2.39. The number of hydrogen-bond donors (Lipinski definition) is 0. The molecule has 3 rings (SSSR count). The van der Waals surface area contributed by atoms with Crippen LogP contribution in [0.2, 0.25) is 0 Å². The van der Waals surface area contributed by atoms with Crippen LogP contribution >= 0.6 is 0 Å². The van der Waals surface area contributed by atoms with Crippen molar-refractivity contribution >= 4 is 5.78 Å². The maximum atomic E-state index is 12.5. The number of para-hydroxylation sites is 1. The number of ether oxygens (including phenoxy) is 2. The molecule has 3 heteroatoms. The average molecular weight is 268 g/mol. The molecule has 0 unspecified atom stereocenters. The molecule has 0 fully saturated rings. The van der Waals surface area contributed by atoms with Gasteiger partial charge in [-0.15, -0.1) is 0 Å². The van der Waals surface area contributed by atoms with Crippen LogP contribution in [-0.2, 0) is 6.42 Å². The minimum atomic E-state index is 0.0571. The number of rotatable bonds is 3. The van der Waals surface area contributed by atoms with Crippen LogP contribution < -0.4 is 9.47 Å². The number of ketones is 1. The van der Waals surface area contributed by atoms with E-state index in [-0.39, 0.29) is 5.78 Å². The first kappa shape index (κ1) is 12.7. The predicted octanol–water partition coefficient (Wildman–Crippen LogP) is 3.19. The second kappa shape index (κ2) is 5.37. The Labute approximate surface area is 118 Å². The minimum Gasteiger partial charge on any atom is -0.486 e. The molecule has 1 aliphatic heterocycles. The van der Waals surface area contributed by atoms with E-state index in [1.165, 1.54) is 0 Å². The van der Waals surface area contributed by atoms with Crippen molar-refractivity contribution in [2.75, 3.05) is 13.2 Å². The third-order valence-electron chi connectivity index (χ3n) is 3.48. The number of Topliss-reactive ketones (excluding diaryl/α,β-unsaturated/α-hetero) is 1. The molecule has 0 radical (unpaired) electrons. The fourth-order valence-corrected chi connectivity index (χ4v) is 2.37. The summed E-state index contributed by atoms with van der Waals surface area (Å²) < 4.78 is 11.1. The van der Waals surface area contributed by atoms with Crippen LogP contribution in [0.5, 0.6) is 11.5 Å². The van der Waals surface area contributed by atoms with Crippen molar-refractivity contribution in [1.29, 1.82) is 0 Å². The van der Waals surface area contributed by atoms with Gasteiger partial charge in [-0.25, -0.2) is 0 Å². The molecule has 0 bridgehead atoms. The zero-order valence-corrected chi connectivity index (χ0v) is 11.4. The van der Waals surface area contributed by atoms with Crippen LogP contribution in [0.4, 0.5) is 0 Å². The van der Waals surface area contributed by atoms with Gasteiger partial charge in [-0.3, -0.25) is 4.79 Å². The molecular weight excluding hydrogens is 252 g/mol. The molecule has 0 aromatic heterocycles. The Kier molecular flexibility index (Phi) is 3.42. The lowest BCUT2D eigenvalue weighted by Gasteiger charge is -2.20. The highest BCUT2D eigenvalue weighted by atomic mass is 16.6. The molecule has 2 aromatic carbocycles. The Morgan fingerprint density at radius 3 is 2.70 bits per heavy atom. The van der Waals surface area contributed by atoms with E-state index < -0.39 is 0 Å². The Hall–Kier alpha value is -2.29. The molecule has 0 spiro atoms. The molecule has 0 aliphatic carbocycles. The third-order valence-corrected chi connectivity index (χ3v) is 3.48. The summed E-state index contributed by atoms with van der Waals surface area (Å²) in [5, 5.41) is 0. The second-order valence-corrected chi connectivity index (χ2v) is 4.86. The fourth-order valence-electron chi connectivity index (χ4n) is 2.37. The molecule has 1 heterocycles. The molecule has 1 aliphatic rings. The van der Waals surface area contributed by atoms with Crippen LogP contribution in [-0.4, -0.2) is 19.0 Å². The maximum absolute atomic E-state index is 12.5. The summed E-state index contributed by atoms with van der Waals surface area (Å²) in [6.45, 7) is 3.03. The molecule has 0 saturated carbocycles. The van der Waals surface area contributed by atoms with E-state index in [0.29, 0.717) is 36.7 Å². The molecule has 3 nitrogen and oxygen atoms in total. The van der Waals surface area contributed by atoms with E-state index in [1.807, 2.05) is 43.3 Å². The maximum Gasteiger partial charge on any atom is 0.172 e. The van der Waals surface area contributed by atoms with E-state index in [9.17, 15) is 4.79 Å². The first-order valence-corrected chi connectivity index (χ1v) is 6.72. The Morgan fingerprint density at radius 1 is 1.05 bits per heavy atom. The number of aryl methyl sites for hydroxylation is 1. The highest BCUT2D eigenvalue weighted by molar-refractivity contribution is 6.00. The van der Waals surface area contributed by atoms with E-state index >= 15 is 0 Å². The first-order valence-electron chi connectivity index (χ1n) is 6.72. The lowest BCUT2D eigenvalue weighted by atomic mass is 9.98. The Balaban J connectivity index is 1.90. The van der Waals surface area contributed by atoms with Gasteiger partial charge < -0.3 is 9.47 Å². The summed E-state index contributed by atoms with van der Waals surface area (Å²) in [6.07, 6.45) is 0.381. The van der Waals surface area contributed by atoms with Crippen LogP contribution in [0.1, 0.15) is 21.5 Å². The van der Waals surface area contributed by atoms with Crippen molar-refractivity contribution in [2.45, 2.75) is 13.3 Å². The summed E-state index contributed by atoms with van der Waals surface area (Å²) in [5.74, 6) is 1.30. The molecule has 0 N–H and O–H groups in total. The van der Waals surface area contributed by atoms with Gasteiger partial charge in [0, 0.05) is 6.42 Å². The van der Waals surface area contributed by atoms with Gasteiger partial charge in [0.15, 0.2) is 17.3 Å². The van der Waals surface area contributed by atoms with Crippen LogP contribution in [0.15, 0.2) is 42.5 Å². The van der Waals surface area contributed by atoms with Gasteiger partial charge in [0.25, 0.3) is 0 Å². The van der Waals surface area contributed by atoms with Gasteiger partial charge in [-0.1, -0.05) is 30.3 Å². The van der Waals surface area contributed by atoms with Crippen molar-refractivity contribution in [1.82, 2.24) is 0 Å². The number of hydrogen-bond acceptors (Lipinski definition) is 3. The van der Waals surface area contributed by atoms with Gasteiger partial charge >= 0.3 is 0 Å².